The molecule has 0 heterocycles. The topological polar surface area (TPSA) is 55.4 Å². The third kappa shape index (κ3) is 7.92. The maximum absolute atomic E-state index is 10.6. The molecule has 0 atom stereocenters. The number of rotatable bonds is 6. The highest BCUT2D eigenvalue weighted by Crippen LogP contribution is 2.08. The maximum Gasteiger partial charge on any atom is 0.325 e. The molecule has 0 fully saturated rings. The first-order valence-electron chi connectivity index (χ1n) is 2.87. The lowest BCUT2D eigenvalue weighted by atomic mass is 10.6. The van der Waals surface area contributed by atoms with Gasteiger partial charge in [0.15, 0.2) is 0 Å². The highest BCUT2D eigenvalue weighted by atomic mass is 127. The minimum Gasteiger partial charge on any atom is -0.463 e. The lowest BCUT2D eigenvalue weighted by Gasteiger charge is -2.00. The van der Waals surface area contributed by atoms with Gasteiger partial charge in [0.1, 0.15) is 13.2 Å². The molecule has 0 saturated carbocycles. The Morgan fingerprint density at radius 2 is 2.45 bits per heavy atom. The van der Waals surface area contributed by atoms with Gasteiger partial charge in [-0.25, -0.2) is 0 Å². The smallest absolute Gasteiger partial charge is 0.325 e. The minimum absolute atomic E-state index is 0.0462. The van der Waals surface area contributed by atoms with Gasteiger partial charge in [0, 0.05) is 5.75 Å². The summed E-state index contributed by atoms with van der Waals surface area (Å²) in [6.45, 7) is 0.350. The number of ether oxygens (including phenoxy) is 1. The van der Waals surface area contributed by atoms with Gasteiger partial charge >= 0.3 is 5.97 Å². The molecule has 1 N–H and O–H groups in total. The molecule has 0 aliphatic heterocycles. The van der Waals surface area contributed by atoms with E-state index in [4.69, 9.17) is 4.74 Å². The molecule has 11 heavy (non-hydrogen) atoms. The van der Waals surface area contributed by atoms with Crippen LogP contribution in [0.5, 0.6) is 0 Å². The normalized spacial score (nSPS) is 8.82. The van der Waals surface area contributed by atoms with Crippen LogP contribution in [0.4, 0.5) is 0 Å². The molecule has 0 aromatic carbocycles. The molecule has 0 spiro atoms. The second-order valence-corrected chi connectivity index (χ2v) is 4.03. The summed E-state index contributed by atoms with van der Waals surface area (Å²) in [5, 5.41) is 2.21. The standard InChI is InChI=1S/C5H8INO3S/c6-11-2-1-10-5(9)3-7-4-8/h4H,1-3H2,(H,7,8). The van der Waals surface area contributed by atoms with E-state index in [1.807, 2.05) is 0 Å². The van der Waals surface area contributed by atoms with Gasteiger partial charge in [-0.05, 0) is 21.2 Å². The number of hydrogen-bond acceptors (Lipinski definition) is 4. The number of amides is 1. The first-order valence-corrected chi connectivity index (χ1v) is 6.40. The number of carbonyl (C=O) groups excluding carboxylic acids is 2. The molecule has 1 amide bonds. The quantitative estimate of drug-likeness (QED) is 0.332. The van der Waals surface area contributed by atoms with Gasteiger partial charge in [-0.15, -0.1) is 0 Å². The predicted octanol–water partition coefficient (Wildman–Crippen LogP) is 0.359. The van der Waals surface area contributed by atoms with E-state index in [1.165, 1.54) is 0 Å². The maximum atomic E-state index is 10.6. The lowest BCUT2D eigenvalue weighted by molar-refractivity contribution is -0.142. The molecule has 6 heteroatoms. The SMILES string of the molecule is O=CNCC(=O)OCCSI. The zero-order valence-electron chi connectivity index (χ0n) is 5.71. The molecule has 0 rings (SSSR count). The van der Waals surface area contributed by atoms with Crippen LogP contribution >= 0.6 is 30.1 Å². The Balaban J connectivity index is 3.15. The van der Waals surface area contributed by atoms with Gasteiger partial charge in [0.2, 0.25) is 6.41 Å². The van der Waals surface area contributed by atoms with Gasteiger partial charge in [-0.1, -0.05) is 8.93 Å². The molecule has 0 bridgehead atoms. The fraction of sp³-hybridized carbons (Fsp3) is 0.600. The Kier molecular flexibility index (Phi) is 8.13. The van der Waals surface area contributed by atoms with Crippen molar-refractivity contribution in [3.63, 3.8) is 0 Å². The van der Waals surface area contributed by atoms with E-state index >= 15 is 0 Å². The summed E-state index contributed by atoms with van der Waals surface area (Å²) < 4.78 is 4.70. The van der Waals surface area contributed by atoms with Crippen molar-refractivity contribution in [2.24, 2.45) is 0 Å². The Morgan fingerprint density at radius 3 is 3.00 bits per heavy atom. The largest absolute Gasteiger partial charge is 0.463 e. The zero-order valence-corrected chi connectivity index (χ0v) is 8.68. The van der Waals surface area contributed by atoms with E-state index in [0.717, 1.165) is 5.75 Å². The van der Waals surface area contributed by atoms with E-state index in [1.54, 1.807) is 8.93 Å². The van der Waals surface area contributed by atoms with Gasteiger partial charge in [0.25, 0.3) is 0 Å². The molecular formula is C5H8INO3S. The number of carbonyl (C=O) groups is 2. The number of halogens is 1. The second kappa shape index (κ2) is 8.12. The molecule has 0 unspecified atom stereocenters. The Morgan fingerprint density at radius 1 is 1.73 bits per heavy atom. The van der Waals surface area contributed by atoms with Crippen molar-refractivity contribution < 1.29 is 14.3 Å². The van der Waals surface area contributed by atoms with Gasteiger partial charge in [-0.2, -0.15) is 0 Å². The van der Waals surface area contributed by atoms with Crippen LogP contribution in [-0.2, 0) is 14.3 Å². The first kappa shape index (κ1) is 11.0. The number of hydrogen-bond donors (Lipinski definition) is 1. The van der Waals surface area contributed by atoms with Gasteiger partial charge in [-0.3, -0.25) is 9.59 Å². The summed E-state index contributed by atoms with van der Waals surface area (Å²) in [5.74, 6) is 0.371. The fourth-order valence-electron chi connectivity index (χ4n) is 0.363. The molecule has 4 nitrogen and oxygen atoms in total. The average Bonchev–Trinajstić information content (AvgIpc) is 2.01. The van der Waals surface area contributed by atoms with Gasteiger partial charge in [0.05, 0.1) is 0 Å². The van der Waals surface area contributed by atoms with Crippen molar-refractivity contribution in [2.75, 3.05) is 18.9 Å². The third-order valence-corrected chi connectivity index (χ3v) is 2.40. The van der Waals surface area contributed by atoms with Crippen molar-refractivity contribution in [2.45, 2.75) is 0 Å². The molecular weight excluding hydrogens is 281 g/mol. The molecule has 64 valence electrons. The van der Waals surface area contributed by atoms with Crippen LogP contribution in [0.25, 0.3) is 0 Å². The van der Waals surface area contributed by atoms with Crippen LogP contribution in [0.2, 0.25) is 0 Å². The second-order valence-electron chi connectivity index (χ2n) is 1.53. The highest BCUT2D eigenvalue weighted by molar-refractivity contribution is 14.2. The molecule has 0 aliphatic rings. The van der Waals surface area contributed by atoms with Gasteiger partial charge < -0.3 is 10.1 Å². The molecule has 0 radical (unpaired) electrons. The van der Waals surface area contributed by atoms with Crippen LogP contribution in [-0.4, -0.2) is 31.3 Å². The first-order chi connectivity index (χ1) is 5.31. The molecule has 0 saturated heterocycles. The summed E-state index contributed by atoms with van der Waals surface area (Å²) in [5.41, 5.74) is 0. The summed E-state index contributed by atoms with van der Waals surface area (Å²) in [7, 11) is 1.57. The van der Waals surface area contributed by atoms with Crippen molar-refractivity contribution in [1.29, 1.82) is 0 Å². The third-order valence-electron chi connectivity index (χ3n) is 0.753. The monoisotopic (exact) mass is 289 g/mol. The highest BCUT2D eigenvalue weighted by Gasteiger charge is 1.99. The van der Waals surface area contributed by atoms with E-state index in [2.05, 4.69) is 26.5 Å². The summed E-state index contributed by atoms with van der Waals surface area (Å²) in [4.78, 5) is 20.3. The van der Waals surface area contributed by atoms with Crippen LogP contribution in [0.3, 0.4) is 0 Å². The van der Waals surface area contributed by atoms with E-state index in [9.17, 15) is 9.59 Å². The Hall–Kier alpha value is 0.0200. The van der Waals surface area contributed by atoms with Crippen molar-refractivity contribution in [3.05, 3.63) is 0 Å². The average molecular weight is 289 g/mol. The number of nitrogens with one attached hydrogen (secondary N) is 1. The summed E-state index contributed by atoms with van der Waals surface area (Å²) >= 11 is 2.12. The Bertz CT molecular complexity index is 133. The van der Waals surface area contributed by atoms with Crippen LogP contribution in [0.15, 0.2) is 0 Å². The predicted molar refractivity (Wildman–Crippen MR) is 51.5 cm³/mol. The van der Waals surface area contributed by atoms with Crippen LogP contribution in [0, 0.1) is 0 Å². The molecule has 0 aromatic heterocycles. The van der Waals surface area contributed by atoms with Crippen molar-refractivity contribution in [3.8, 4) is 0 Å². The van der Waals surface area contributed by atoms with Crippen molar-refractivity contribution >= 4 is 42.5 Å². The molecule has 0 aliphatic carbocycles. The number of esters is 1. The van der Waals surface area contributed by atoms with Crippen LogP contribution in [0.1, 0.15) is 0 Å². The van der Waals surface area contributed by atoms with Crippen LogP contribution < -0.4 is 5.32 Å². The van der Waals surface area contributed by atoms with E-state index < -0.39 is 5.97 Å². The van der Waals surface area contributed by atoms with Crippen molar-refractivity contribution in [1.82, 2.24) is 5.32 Å². The molecule has 0 aromatic rings. The summed E-state index contributed by atoms with van der Waals surface area (Å²) in [6.07, 6.45) is 0.467. The fourth-order valence-corrected chi connectivity index (χ4v) is 1.05. The lowest BCUT2D eigenvalue weighted by Crippen LogP contribution is -2.23. The zero-order chi connectivity index (χ0) is 8.53. The minimum atomic E-state index is -0.400. The van der Waals surface area contributed by atoms with E-state index in [-0.39, 0.29) is 6.54 Å². The summed E-state index contributed by atoms with van der Waals surface area (Å²) in [6, 6.07) is 0. The van der Waals surface area contributed by atoms with E-state index in [0.29, 0.717) is 13.0 Å². The Labute approximate surface area is 81.0 Å².